The molecule has 1 aliphatic heterocycles. The highest BCUT2D eigenvalue weighted by Gasteiger charge is 2.35. The molecule has 5 heteroatoms. The molecule has 1 saturated heterocycles. The SMILES string of the molecule is CCN(CC)C(=O)C1CCCN1C(=O)CCc1ccc(F)cc1. The maximum Gasteiger partial charge on any atom is 0.245 e. The molecule has 0 saturated carbocycles. The molecule has 0 N–H and O–H groups in total. The van der Waals surface area contributed by atoms with Gasteiger partial charge in [0, 0.05) is 26.1 Å². The van der Waals surface area contributed by atoms with Gasteiger partial charge in [-0.15, -0.1) is 0 Å². The van der Waals surface area contributed by atoms with Crippen LogP contribution in [0.25, 0.3) is 0 Å². The molecule has 1 atom stereocenters. The first-order valence-corrected chi connectivity index (χ1v) is 8.39. The number of likely N-dealkylation sites (N-methyl/N-ethyl adjacent to an activating group) is 1. The largest absolute Gasteiger partial charge is 0.341 e. The Balaban J connectivity index is 1.94. The van der Waals surface area contributed by atoms with Gasteiger partial charge in [0.15, 0.2) is 0 Å². The zero-order valence-electron chi connectivity index (χ0n) is 13.9. The first-order chi connectivity index (χ1) is 11.1. The second kappa shape index (κ2) is 8.09. The molecule has 1 aromatic rings. The van der Waals surface area contributed by atoms with Crippen LogP contribution in [0.15, 0.2) is 24.3 Å². The van der Waals surface area contributed by atoms with Crippen molar-refractivity contribution in [2.45, 2.75) is 45.6 Å². The summed E-state index contributed by atoms with van der Waals surface area (Å²) in [6.07, 6.45) is 2.55. The molecule has 23 heavy (non-hydrogen) atoms. The number of carbonyl (C=O) groups is 2. The Morgan fingerprint density at radius 1 is 1.22 bits per heavy atom. The molecule has 0 spiro atoms. The van der Waals surface area contributed by atoms with Crippen LogP contribution in [-0.2, 0) is 16.0 Å². The fraction of sp³-hybridized carbons (Fsp3) is 0.556. The Morgan fingerprint density at radius 3 is 2.48 bits per heavy atom. The van der Waals surface area contributed by atoms with E-state index in [9.17, 15) is 14.0 Å². The zero-order valence-corrected chi connectivity index (χ0v) is 13.9. The van der Waals surface area contributed by atoms with Crippen LogP contribution in [0.3, 0.4) is 0 Å². The summed E-state index contributed by atoms with van der Waals surface area (Å²) in [5.41, 5.74) is 0.936. The van der Waals surface area contributed by atoms with Crippen molar-refractivity contribution >= 4 is 11.8 Å². The Kier molecular flexibility index (Phi) is 6.13. The van der Waals surface area contributed by atoms with Crippen LogP contribution in [0.2, 0.25) is 0 Å². The third-order valence-corrected chi connectivity index (χ3v) is 4.47. The number of hydrogen-bond acceptors (Lipinski definition) is 2. The minimum Gasteiger partial charge on any atom is -0.341 e. The fourth-order valence-electron chi connectivity index (χ4n) is 3.11. The van der Waals surface area contributed by atoms with Gasteiger partial charge in [0.05, 0.1) is 0 Å². The lowest BCUT2D eigenvalue weighted by Crippen LogP contribution is -2.47. The molecule has 4 nitrogen and oxygen atoms in total. The molecule has 0 radical (unpaired) electrons. The molecule has 1 unspecified atom stereocenters. The van der Waals surface area contributed by atoms with Gasteiger partial charge in [-0.2, -0.15) is 0 Å². The molecule has 1 aliphatic rings. The fourth-order valence-corrected chi connectivity index (χ4v) is 3.11. The van der Waals surface area contributed by atoms with Crippen LogP contribution in [-0.4, -0.2) is 47.3 Å². The lowest BCUT2D eigenvalue weighted by atomic mass is 10.1. The van der Waals surface area contributed by atoms with E-state index in [1.165, 1.54) is 12.1 Å². The highest BCUT2D eigenvalue weighted by atomic mass is 19.1. The highest BCUT2D eigenvalue weighted by molar-refractivity contribution is 5.88. The highest BCUT2D eigenvalue weighted by Crippen LogP contribution is 2.21. The van der Waals surface area contributed by atoms with Gasteiger partial charge in [0.25, 0.3) is 0 Å². The van der Waals surface area contributed by atoms with Gasteiger partial charge in [-0.25, -0.2) is 4.39 Å². The first-order valence-electron chi connectivity index (χ1n) is 8.39. The van der Waals surface area contributed by atoms with E-state index in [2.05, 4.69) is 0 Å². The van der Waals surface area contributed by atoms with E-state index in [-0.39, 0.29) is 23.7 Å². The summed E-state index contributed by atoms with van der Waals surface area (Å²) in [5.74, 6) is -0.204. The van der Waals surface area contributed by atoms with E-state index >= 15 is 0 Å². The van der Waals surface area contributed by atoms with Crippen LogP contribution in [0.4, 0.5) is 4.39 Å². The molecule has 1 fully saturated rings. The summed E-state index contributed by atoms with van der Waals surface area (Å²) < 4.78 is 12.9. The number of halogens is 1. The number of carbonyl (C=O) groups excluding carboxylic acids is 2. The van der Waals surface area contributed by atoms with Crippen molar-refractivity contribution in [1.29, 1.82) is 0 Å². The lowest BCUT2D eigenvalue weighted by molar-refractivity contribution is -0.143. The van der Waals surface area contributed by atoms with E-state index in [0.717, 1.165) is 18.4 Å². The monoisotopic (exact) mass is 320 g/mol. The average molecular weight is 320 g/mol. The van der Waals surface area contributed by atoms with E-state index < -0.39 is 0 Å². The summed E-state index contributed by atoms with van der Waals surface area (Å²) in [4.78, 5) is 28.5. The van der Waals surface area contributed by atoms with Crippen LogP contribution < -0.4 is 0 Å². The van der Waals surface area contributed by atoms with Crippen LogP contribution in [0, 0.1) is 5.82 Å². The topological polar surface area (TPSA) is 40.6 Å². The second-order valence-corrected chi connectivity index (χ2v) is 5.88. The maximum atomic E-state index is 12.9. The minimum absolute atomic E-state index is 0.0114. The van der Waals surface area contributed by atoms with E-state index in [4.69, 9.17) is 0 Å². The molecule has 126 valence electrons. The normalized spacial score (nSPS) is 17.3. The van der Waals surface area contributed by atoms with Gasteiger partial charge in [-0.05, 0) is 50.8 Å². The van der Waals surface area contributed by atoms with Gasteiger partial charge >= 0.3 is 0 Å². The number of amides is 2. The average Bonchev–Trinajstić information content (AvgIpc) is 3.04. The molecule has 1 heterocycles. The molecule has 0 aromatic heterocycles. The molecule has 0 aliphatic carbocycles. The quantitative estimate of drug-likeness (QED) is 0.808. The smallest absolute Gasteiger partial charge is 0.245 e. The number of likely N-dealkylation sites (tertiary alicyclic amines) is 1. The van der Waals surface area contributed by atoms with Gasteiger partial charge in [-0.3, -0.25) is 9.59 Å². The van der Waals surface area contributed by atoms with Crippen molar-refractivity contribution in [3.8, 4) is 0 Å². The third-order valence-electron chi connectivity index (χ3n) is 4.47. The Morgan fingerprint density at radius 2 is 1.87 bits per heavy atom. The Labute approximate surface area is 137 Å². The van der Waals surface area contributed by atoms with Crippen molar-refractivity contribution in [1.82, 2.24) is 9.80 Å². The second-order valence-electron chi connectivity index (χ2n) is 5.88. The number of aryl methyl sites for hydroxylation is 1. The van der Waals surface area contributed by atoms with Gasteiger partial charge in [-0.1, -0.05) is 12.1 Å². The lowest BCUT2D eigenvalue weighted by Gasteiger charge is -2.29. The predicted octanol–water partition coefficient (Wildman–Crippen LogP) is 2.62. The Bertz CT molecular complexity index is 540. The number of hydrogen-bond donors (Lipinski definition) is 0. The van der Waals surface area contributed by atoms with Crippen LogP contribution in [0.5, 0.6) is 0 Å². The molecule has 0 bridgehead atoms. The molecule has 1 aromatic carbocycles. The summed E-state index contributed by atoms with van der Waals surface area (Å²) in [6, 6.07) is 5.90. The standard InChI is InChI=1S/C18H25FN2O2/c1-3-20(4-2)18(23)16-6-5-13-21(16)17(22)12-9-14-7-10-15(19)11-8-14/h7-8,10-11,16H,3-6,9,12-13H2,1-2H3. The van der Waals surface area contributed by atoms with E-state index in [1.807, 2.05) is 13.8 Å². The van der Waals surface area contributed by atoms with Crippen molar-refractivity contribution in [3.63, 3.8) is 0 Å². The van der Waals surface area contributed by atoms with Crippen molar-refractivity contribution in [3.05, 3.63) is 35.6 Å². The minimum atomic E-state index is -0.310. The first kappa shape index (κ1) is 17.4. The maximum absolute atomic E-state index is 12.9. The van der Waals surface area contributed by atoms with Crippen LogP contribution >= 0.6 is 0 Å². The molecular formula is C18H25FN2O2. The zero-order chi connectivity index (χ0) is 16.8. The third kappa shape index (κ3) is 4.30. The molecule has 2 amide bonds. The number of rotatable bonds is 6. The van der Waals surface area contributed by atoms with Crippen molar-refractivity contribution in [2.24, 2.45) is 0 Å². The van der Waals surface area contributed by atoms with Gasteiger partial charge < -0.3 is 9.80 Å². The van der Waals surface area contributed by atoms with Gasteiger partial charge in [0.1, 0.15) is 11.9 Å². The summed E-state index contributed by atoms with van der Waals surface area (Å²) in [6.45, 7) is 5.90. The van der Waals surface area contributed by atoms with E-state index in [1.54, 1.807) is 21.9 Å². The Hall–Kier alpha value is -1.91. The van der Waals surface area contributed by atoms with E-state index in [0.29, 0.717) is 32.5 Å². The number of nitrogens with zero attached hydrogens (tertiary/aromatic N) is 2. The predicted molar refractivity (Wildman–Crippen MR) is 87.4 cm³/mol. The summed E-state index contributed by atoms with van der Waals surface area (Å²) in [7, 11) is 0. The summed E-state index contributed by atoms with van der Waals surface area (Å²) in [5, 5.41) is 0. The molecule has 2 rings (SSSR count). The number of benzene rings is 1. The summed E-state index contributed by atoms with van der Waals surface area (Å²) >= 11 is 0. The molecular weight excluding hydrogens is 295 g/mol. The van der Waals surface area contributed by atoms with Gasteiger partial charge in [0.2, 0.25) is 11.8 Å². The van der Waals surface area contributed by atoms with Crippen molar-refractivity contribution < 1.29 is 14.0 Å². The van der Waals surface area contributed by atoms with Crippen molar-refractivity contribution in [2.75, 3.05) is 19.6 Å². The van der Waals surface area contributed by atoms with Crippen LogP contribution in [0.1, 0.15) is 38.7 Å².